The van der Waals surface area contributed by atoms with Crippen molar-refractivity contribution < 1.29 is 0 Å². The van der Waals surface area contributed by atoms with Crippen LogP contribution in [0.1, 0.15) is 38.5 Å². The molecule has 4 unspecified atom stereocenters. The van der Waals surface area contributed by atoms with Crippen molar-refractivity contribution in [1.82, 2.24) is 9.80 Å². The molecule has 4 atom stereocenters. The Morgan fingerprint density at radius 1 is 1.06 bits per heavy atom. The summed E-state index contributed by atoms with van der Waals surface area (Å²) in [6.07, 6.45) is 8.06. The lowest BCUT2D eigenvalue weighted by atomic mass is 9.83. The molecule has 1 aliphatic carbocycles. The van der Waals surface area contributed by atoms with Crippen LogP contribution in [0, 0.1) is 5.92 Å². The molecule has 1 saturated carbocycles. The number of piperidine rings is 2. The molecule has 0 aromatic heterocycles. The summed E-state index contributed by atoms with van der Waals surface area (Å²) in [5.41, 5.74) is 6.05. The molecule has 0 aromatic rings. The first kappa shape index (κ1) is 11.9. The van der Waals surface area contributed by atoms with E-state index >= 15 is 0 Å². The lowest BCUT2D eigenvalue weighted by Gasteiger charge is -2.47. The van der Waals surface area contributed by atoms with Crippen LogP contribution in [0.2, 0.25) is 0 Å². The van der Waals surface area contributed by atoms with E-state index < -0.39 is 0 Å². The van der Waals surface area contributed by atoms with E-state index in [2.05, 4.69) is 16.8 Å². The molecule has 0 radical (unpaired) electrons. The number of hydrogen-bond acceptors (Lipinski definition) is 3. The molecule has 3 nitrogen and oxygen atoms in total. The summed E-state index contributed by atoms with van der Waals surface area (Å²) in [6, 6.07) is 2.15. The Hall–Kier alpha value is -0.120. The van der Waals surface area contributed by atoms with Crippen molar-refractivity contribution in [3.05, 3.63) is 0 Å². The third-order valence-corrected chi connectivity index (χ3v) is 5.34. The summed E-state index contributed by atoms with van der Waals surface area (Å²) in [6.45, 7) is 3.96. The first-order valence-electron chi connectivity index (χ1n) is 7.44. The summed E-state index contributed by atoms with van der Waals surface area (Å²) in [7, 11) is 2.32. The van der Waals surface area contributed by atoms with E-state index in [0.29, 0.717) is 6.04 Å². The molecule has 0 amide bonds. The van der Waals surface area contributed by atoms with E-state index in [1.165, 1.54) is 58.2 Å². The maximum atomic E-state index is 6.05. The second-order valence-corrected chi connectivity index (χ2v) is 6.46. The topological polar surface area (TPSA) is 32.5 Å². The summed E-state index contributed by atoms with van der Waals surface area (Å²) in [5, 5.41) is 0. The average Bonchev–Trinajstić information content (AvgIpc) is 2.76. The van der Waals surface area contributed by atoms with Gasteiger partial charge in [0.15, 0.2) is 0 Å². The van der Waals surface area contributed by atoms with Crippen LogP contribution in [-0.2, 0) is 0 Å². The van der Waals surface area contributed by atoms with Gasteiger partial charge in [-0.2, -0.15) is 0 Å². The third kappa shape index (κ3) is 2.38. The van der Waals surface area contributed by atoms with Crippen LogP contribution >= 0.6 is 0 Å². The van der Waals surface area contributed by atoms with Crippen molar-refractivity contribution in [2.75, 3.05) is 26.7 Å². The normalized spacial score (nSPS) is 44.8. The molecule has 2 N–H and O–H groups in total. The minimum atomic E-state index is 0.478. The van der Waals surface area contributed by atoms with Gasteiger partial charge in [0.2, 0.25) is 0 Å². The van der Waals surface area contributed by atoms with Crippen molar-refractivity contribution in [3.63, 3.8) is 0 Å². The molecule has 2 saturated heterocycles. The molecule has 17 heavy (non-hydrogen) atoms. The highest BCUT2D eigenvalue weighted by molar-refractivity contribution is 4.93. The molecule has 3 fully saturated rings. The van der Waals surface area contributed by atoms with E-state index in [0.717, 1.165) is 18.0 Å². The second kappa shape index (κ2) is 4.87. The van der Waals surface area contributed by atoms with Gasteiger partial charge in [-0.15, -0.1) is 0 Å². The lowest BCUT2D eigenvalue weighted by Crippen LogP contribution is -2.54. The highest BCUT2D eigenvalue weighted by atomic mass is 15.2. The van der Waals surface area contributed by atoms with Crippen molar-refractivity contribution in [2.24, 2.45) is 11.7 Å². The standard InChI is InChI=1S/C14H27N3/c1-16-7-2-3-11-10-17(8-6-14(11)16)13-5-4-12(15)9-13/h11-14H,2-10,15H2,1H3. The van der Waals surface area contributed by atoms with Crippen LogP contribution in [0.3, 0.4) is 0 Å². The molecule has 98 valence electrons. The van der Waals surface area contributed by atoms with Crippen LogP contribution in [0.5, 0.6) is 0 Å². The van der Waals surface area contributed by atoms with E-state index in [-0.39, 0.29) is 0 Å². The fourth-order valence-corrected chi connectivity index (χ4v) is 4.34. The van der Waals surface area contributed by atoms with E-state index in [9.17, 15) is 0 Å². The Balaban J connectivity index is 1.60. The number of likely N-dealkylation sites (tertiary alicyclic amines) is 2. The number of hydrogen-bond donors (Lipinski definition) is 1. The Morgan fingerprint density at radius 2 is 1.94 bits per heavy atom. The Morgan fingerprint density at radius 3 is 2.71 bits per heavy atom. The van der Waals surface area contributed by atoms with Crippen LogP contribution in [0.15, 0.2) is 0 Å². The van der Waals surface area contributed by atoms with Crippen LogP contribution in [-0.4, -0.2) is 54.6 Å². The number of fused-ring (bicyclic) bond motifs is 1. The highest BCUT2D eigenvalue weighted by Gasteiger charge is 2.37. The first-order valence-corrected chi connectivity index (χ1v) is 7.44. The maximum Gasteiger partial charge on any atom is 0.0145 e. The van der Waals surface area contributed by atoms with Gasteiger partial charge in [-0.3, -0.25) is 4.90 Å². The number of rotatable bonds is 1. The van der Waals surface area contributed by atoms with Gasteiger partial charge in [0.05, 0.1) is 0 Å². The van der Waals surface area contributed by atoms with E-state index in [1.54, 1.807) is 0 Å². The molecule has 0 bridgehead atoms. The van der Waals surface area contributed by atoms with Gasteiger partial charge >= 0.3 is 0 Å². The maximum absolute atomic E-state index is 6.05. The largest absolute Gasteiger partial charge is 0.328 e. The zero-order valence-electron chi connectivity index (χ0n) is 11.1. The van der Waals surface area contributed by atoms with Gasteiger partial charge in [0.1, 0.15) is 0 Å². The molecule has 3 rings (SSSR count). The number of nitrogens with two attached hydrogens (primary N) is 1. The van der Waals surface area contributed by atoms with E-state index in [1.807, 2.05) is 0 Å². The minimum Gasteiger partial charge on any atom is -0.328 e. The van der Waals surface area contributed by atoms with Crippen LogP contribution < -0.4 is 5.73 Å². The molecular formula is C14H27N3. The fraction of sp³-hybridized carbons (Fsp3) is 1.00. The second-order valence-electron chi connectivity index (χ2n) is 6.46. The Kier molecular flexibility index (Phi) is 3.42. The quantitative estimate of drug-likeness (QED) is 0.746. The molecule has 3 aliphatic rings. The van der Waals surface area contributed by atoms with Gasteiger partial charge in [0, 0.05) is 24.7 Å². The van der Waals surface area contributed by atoms with Crippen molar-refractivity contribution in [1.29, 1.82) is 0 Å². The average molecular weight is 237 g/mol. The molecule has 0 aromatic carbocycles. The summed E-state index contributed by atoms with van der Waals surface area (Å²) >= 11 is 0. The molecule has 2 heterocycles. The number of nitrogens with zero attached hydrogens (tertiary/aromatic N) is 2. The zero-order valence-corrected chi connectivity index (χ0v) is 11.1. The summed E-state index contributed by atoms with van der Waals surface area (Å²) in [5.74, 6) is 0.930. The Labute approximate surface area is 105 Å². The third-order valence-electron chi connectivity index (χ3n) is 5.34. The van der Waals surface area contributed by atoms with Crippen molar-refractivity contribution in [3.8, 4) is 0 Å². The van der Waals surface area contributed by atoms with Gasteiger partial charge < -0.3 is 10.6 Å². The van der Waals surface area contributed by atoms with Gasteiger partial charge in [-0.05, 0) is 64.6 Å². The van der Waals surface area contributed by atoms with Crippen molar-refractivity contribution in [2.45, 2.75) is 56.7 Å². The predicted octanol–water partition coefficient (Wildman–Crippen LogP) is 1.28. The van der Waals surface area contributed by atoms with Gasteiger partial charge in [-0.1, -0.05) is 0 Å². The summed E-state index contributed by atoms with van der Waals surface area (Å²) < 4.78 is 0. The van der Waals surface area contributed by atoms with Crippen LogP contribution in [0.25, 0.3) is 0 Å². The van der Waals surface area contributed by atoms with Gasteiger partial charge in [0.25, 0.3) is 0 Å². The molecule has 2 aliphatic heterocycles. The Bertz CT molecular complexity index is 268. The van der Waals surface area contributed by atoms with E-state index in [4.69, 9.17) is 5.73 Å². The van der Waals surface area contributed by atoms with Crippen molar-refractivity contribution >= 4 is 0 Å². The molecular weight excluding hydrogens is 210 g/mol. The molecule has 3 heteroatoms. The SMILES string of the molecule is CN1CCCC2CN(C3CCC(N)C3)CCC21. The molecule has 0 spiro atoms. The zero-order chi connectivity index (χ0) is 11.8. The van der Waals surface area contributed by atoms with Crippen LogP contribution in [0.4, 0.5) is 0 Å². The predicted molar refractivity (Wildman–Crippen MR) is 70.9 cm³/mol. The fourth-order valence-electron chi connectivity index (χ4n) is 4.34. The highest BCUT2D eigenvalue weighted by Crippen LogP contribution is 2.33. The first-order chi connectivity index (χ1) is 8.24. The lowest BCUT2D eigenvalue weighted by molar-refractivity contribution is 0.0210. The monoisotopic (exact) mass is 237 g/mol. The van der Waals surface area contributed by atoms with Gasteiger partial charge in [-0.25, -0.2) is 0 Å². The minimum absolute atomic E-state index is 0.478. The smallest absolute Gasteiger partial charge is 0.0145 e. The summed E-state index contributed by atoms with van der Waals surface area (Å²) in [4.78, 5) is 5.36.